The minimum Gasteiger partial charge on any atom is -0.495 e. The monoisotopic (exact) mass is 412 g/mol. The number of methoxy groups -OCH3 is 1. The molecule has 8 nitrogen and oxygen atoms in total. The van der Waals surface area contributed by atoms with Gasteiger partial charge >= 0.3 is 0 Å². The van der Waals surface area contributed by atoms with Gasteiger partial charge < -0.3 is 19.1 Å². The quantitative estimate of drug-likeness (QED) is 0.763. The van der Waals surface area contributed by atoms with Crippen molar-refractivity contribution in [2.24, 2.45) is 5.92 Å². The Morgan fingerprint density at radius 1 is 1.21 bits per heavy atom. The van der Waals surface area contributed by atoms with E-state index in [2.05, 4.69) is 4.72 Å². The fourth-order valence-corrected chi connectivity index (χ4v) is 5.05. The van der Waals surface area contributed by atoms with Crippen molar-refractivity contribution < 1.29 is 27.4 Å². The zero-order chi connectivity index (χ0) is 20.3. The van der Waals surface area contributed by atoms with Gasteiger partial charge in [-0.3, -0.25) is 4.79 Å². The van der Waals surface area contributed by atoms with Crippen molar-refractivity contribution in [3.05, 3.63) is 23.8 Å². The van der Waals surface area contributed by atoms with Crippen LogP contribution in [0.25, 0.3) is 0 Å². The molecule has 0 spiro atoms. The molecule has 2 aliphatic heterocycles. The van der Waals surface area contributed by atoms with Crippen LogP contribution in [0.3, 0.4) is 0 Å². The minimum absolute atomic E-state index is 0.0304. The van der Waals surface area contributed by atoms with Gasteiger partial charge in [0.1, 0.15) is 10.6 Å². The molecule has 0 saturated carbocycles. The van der Waals surface area contributed by atoms with E-state index in [0.29, 0.717) is 31.9 Å². The summed E-state index contributed by atoms with van der Waals surface area (Å²) in [6.07, 6.45) is 1.43. The Bertz CT molecular complexity index is 797. The van der Waals surface area contributed by atoms with E-state index < -0.39 is 10.0 Å². The summed E-state index contributed by atoms with van der Waals surface area (Å²) in [4.78, 5) is 14.7. The number of rotatable bonds is 6. The third-order valence-electron chi connectivity index (χ3n) is 4.95. The van der Waals surface area contributed by atoms with Crippen LogP contribution in [0, 0.1) is 5.92 Å². The molecule has 0 unspecified atom stereocenters. The van der Waals surface area contributed by atoms with Crippen molar-refractivity contribution in [1.29, 1.82) is 0 Å². The largest absolute Gasteiger partial charge is 0.495 e. The predicted molar refractivity (Wildman–Crippen MR) is 103 cm³/mol. The highest BCUT2D eigenvalue weighted by atomic mass is 32.2. The molecule has 0 radical (unpaired) electrons. The second kappa shape index (κ2) is 8.77. The first-order valence-electron chi connectivity index (χ1n) is 9.54. The van der Waals surface area contributed by atoms with Gasteiger partial charge in [0, 0.05) is 30.6 Å². The number of hydrogen-bond donors (Lipinski definition) is 1. The normalized spacial score (nSPS) is 19.4. The molecular weight excluding hydrogens is 384 g/mol. The van der Waals surface area contributed by atoms with Crippen molar-refractivity contribution >= 4 is 15.9 Å². The fraction of sp³-hybridized carbons (Fsp3) is 0.632. The van der Waals surface area contributed by atoms with Gasteiger partial charge in [0.2, 0.25) is 10.0 Å². The summed E-state index contributed by atoms with van der Waals surface area (Å²) in [5, 5.41) is 0. The van der Waals surface area contributed by atoms with Crippen LogP contribution in [-0.2, 0) is 19.5 Å². The van der Waals surface area contributed by atoms with Gasteiger partial charge in [0.05, 0.1) is 20.3 Å². The number of amides is 1. The molecular formula is C19H28N2O6S. The first-order valence-corrected chi connectivity index (χ1v) is 11.0. The number of sulfonamides is 1. The molecule has 1 aromatic rings. The van der Waals surface area contributed by atoms with Gasteiger partial charge in [-0.25, -0.2) is 13.1 Å². The van der Waals surface area contributed by atoms with Crippen LogP contribution in [0.15, 0.2) is 23.1 Å². The number of nitrogens with one attached hydrogen (secondary N) is 1. The SMILES string of the molecule is COc1ccc(C(=O)N2CCC(C3OCCO3)CC2)cc1S(=O)(=O)NC(C)C. The van der Waals surface area contributed by atoms with Crippen LogP contribution in [0.1, 0.15) is 37.0 Å². The molecule has 28 heavy (non-hydrogen) atoms. The van der Waals surface area contributed by atoms with Gasteiger partial charge in [0.25, 0.3) is 5.91 Å². The Morgan fingerprint density at radius 2 is 1.86 bits per heavy atom. The Hall–Kier alpha value is -1.68. The molecule has 1 amide bonds. The summed E-state index contributed by atoms with van der Waals surface area (Å²) in [6.45, 7) is 5.90. The van der Waals surface area contributed by atoms with Crippen LogP contribution >= 0.6 is 0 Å². The Morgan fingerprint density at radius 3 is 2.43 bits per heavy atom. The molecule has 0 bridgehead atoms. The highest BCUT2D eigenvalue weighted by molar-refractivity contribution is 7.89. The molecule has 1 aromatic carbocycles. The third-order valence-corrected chi connectivity index (χ3v) is 6.63. The number of piperidine rings is 1. The van der Waals surface area contributed by atoms with Gasteiger partial charge in [-0.1, -0.05) is 0 Å². The summed E-state index contributed by atoms with van der Waals surface area (Å²) in [7, 11) is -2.38. The van der Waals surface area contributed by atoms with Crippen LogP contribution in [-0.4, -0.2) is 65.0 Å². The number of benzene rings is 1. The van der Waals surface area contributed by atoms with E-state index in [9.17, 15) is 13.2 Å². The smallest absolute Gasteiger partial charge is 0.253 e. The summed E-state index contributed by atoms with van der Waals surface area (Å²) in [6, 6.07) is 4.24. The first-order chi connectivity index (χ1) is 13.3. The Labute approximate surface area is 166 Å². The molecule has 2 fully saturated rings. The Kier molecular flexibility index (Phi) is 6.59. The second-order valence-electron chi connectivity index (χ2n) is 7.38. The lowest BCUT2D eigenvalue weighted by Gasteiger charge is -2.34. The first kappa shape index (κ1) is 21.0. The van der Waals surface area contributed by atoms with E-state index in [-0.39, 0.29) is 34.8 Å². The van der Waals surface area contributed by atoms with E-state index >= 15 is 0 Å². The zero-order valence-electron chi connectivity index (χ0n) is 16.5. The van der Waals surface area contributed by atoms with Crippen LogP contribution < -0.4 is 9.46 Å². The molecule has 156 valence electrons. The van der Waals surface area contributed by atoms with Crippen LogP contribution in [0.5, 0.6) is 5.75 Å². The number of likely N-dealkylation sites (tertiary alicyclic amines) is 1. The maximum atomic E-state index is 12.9. The van der Waals surface area contributed by atoms with Gasteiger partial charge in [-0.15, -0.1) is 0 Å². The molecule has 1 N–H and O–H groups in total. The molecule has 0 atom stereocenters. The van der Waals surface area contributed by atoms with Crippen molar-refractivity contribution in [3.8, 4) is 5.75 Å². The molecule has 9 heteroatoms. The molecule has 2 saturated heterocycles. The van der Waals surface area contributed by atoms with E-state index in [1.807, 2.05) is 0 Å². The predicted octanol–water partition coefficient (Wildman–Crippen LogP) is 1.61. The summed E-state index contributed by atoms with van der Waals surface area (Å²) in [5.74, 6) is 0.308. The Balaban J connectivity index is 1.74. The second-order valence-corrected chi connectivity index (χ2v) is 9.06. The lowest BCUT2D eigenvalue weighted by molar-refractivity contribution is -0.0956. The van der Waals surface area contributed by atoms with Crippen molar-refractivity contribution in [3.63, 3.8) is 0 Å². The van der Waals surface area contributed by atoms with Gasteiger partial charge in [0.15, 0.2) is 6.29 Å². The maximum absolute atomic E-state index is 12.9. The molecule has 2 heterocycles. The average Bonchev–Trinajstić information content (AvgIpc) is 3.21. The summed E-state index contributed by atoms with van der Waals surface area (Å²) >= 11 is 0. The highest BCUT2D eigenvalue weighted by Gasteiger charge is 2.32. The van der Waals surface area contributed by atoms with Gasteiger partial charge in [-0.2, -0.15) is 0 Å². The molecule has 3 rings (SSSR count). The van der Waals surface area contributed by atoms with Crippen molar-refractivity contribution in [2.75, 3.05) is 33.4 Å². The number of hydrogen-bond acceptors (Lipinski definition) is 6. The van der Waals surface area contributed by atoms with Crippen molar-refractivity contribution in [2.45, 2.75) is 43.9 Å². The lowest BCUT2D eigenvalue weighted by atomic mass is 9.95. The summed E-state index contributed by atoms with van der Waals surface area (Å²) in [5.41, 5.74) is 0.330. The van der Waals surface area contributed by atoms with E-state index in [1.54, 1.807) is 24.8 Å². The minimum atomic E-state index is -3.79. The van der Waals surface area contributed by atoms with Crippen LogP contribution in [0.2, 0.25) is 0 Å². The highest BCUT2D eigenvalue weighted by Crippen LogP contribution is 2.29. The molecule has 0 aliphatic carbocycles. The van der Waals surface area contributed by atoms with E-state index in [0.717, 1.165) is 12.8 Å². The fourth-order valence-electron chi connectivity index (χ4n) is 3.60. The van der Waals surface area contributed by atoms with Crippen LogP contribution in [0.4, 0.5) is 0 Å². The zero-order valence-corrected chi connectivity index (χ0v) is 17.3. The molecule has 2 aliphatic rings. The van der Waals surface area contributed by atoms with E-state index in [4.69, 9.17) is 14.2 Å². The van der Waals surface area contributed by atoms with Gasteiger partial charge in [-0.05, 0) is 44.9 Å². The number of carbonyl (C=O) groups is 1. The number of ether oxygens (including phenoxy) is 3. The van der Waals surface area contributed by atoms with Crippen molar-refractivity contribution in [1.82, 2.24) is 9.62 Å². The molecule has 0 aromatic heterocycles. The standard InChI is InChI=1S/C19H28N2O6S/c1-13(2)20-28(23,24)17-12-15(4-5-16(17)25-3)18(22)21-8-6-14(7-9-21)19-26-10-11-27-19/h4-5,12-14,19-20H,6-11H2,1-3H3. The third kappa shape index (κ3) is 4.65. The topological polar surface area (TPSA) is 94.2 Å². The number of carbonyl (C=O) groups excluding carboxylic acids is 1. The summed E-state index contributed by atoms with van der Waals surface area (Å²) < 4.78 is 44.1. The lowest BCUT2D eigenvalue weighted by Crippen LogP contribution is -2.41. The maximum Gasteiger partial charge on any atom is 0.253 e. The average molecular weight is 413 g/mol. The number of nitrogens with zero attached hydrogens (tertiary/aromatic N) is 1. The van der Waals surface area contributed by atoms with E-state index in [1.165, 1.54) is 19.2 Å².